The summed E-state index contributed by atoms with van der Waals surface area (Å²) < 4.78 is 1.47. The summed E-state index contributed by atoms with van der Waals surface area (Å²) in [5.74, 6) is 0.669. The SMILES string of the molecule is CC[C@H](C)c1ccc(NC(=O)c2nc3ncccn3n2)cc1. The summed E-state index contributed by atoms with van der Waals surface area (Å²) in [5, 5.41) is 6.90. The zero-order valence-electron chi connectivity index (χ0n) is 12.5. The van der Waals surface area contributed by atoms with E-state index in [0.717, 1.165) is 12.1 Å². The number of aromatic nitrogens is 4. The first-order valence-corrected chi connectivity index (χ1v) is 7.26. The van der Waals surface area contributed by atoms with Gasteiger partial charge in [-0.1, -0.05) is 26.0 Å². The van der Waals surface area contributed by atoms with Gasteiger partial charge in [-0.15, -0.1) is 5.10 Å². The summed E-state index contributed by atoms with van der Waals surface area (Å²) in [4.78, 5) is 20.3. The van der Waals surface area contributed by atoms with Crippen molar-refractivity contribution in [2.24, 2.45) is 0 Å². The second-order valence-electron chi connectivity index (χ2n) is 5.19. The number of rotatable bonds is 4. The van der Waals surface area contributed by atoms with Gasteiger partial charge in [0.05, 0.1) is 0 Å². The summed E-state index contributed by atoms with van der Waals surface area (Å²) in [5.41, 5.74) is 1.99. The maximum atomic E-state index is 12.2. The topological polar surface area (TPSA) is 72.2 Å². The van der Waals surface area contributed by atoms with Crippen LogP contribution in [-0.2, 0) is 0 Å². The monoisotopic (exact) mass is 295 g/mol. The molecule has 1 atom stereocenters. The van der Waals surface area contributed by atoms with Crippen molar-refractivity contribution in [1.82, 2.24) is 19.6 Å². The predicted molar refractivity (Wildman–Crippen MR) is 83.9 cm³/mol. The highest BCUT2D eigenvalue weighted by atomic mass is 16.2. The molecular weight excluding hydrogens is 278 g/mol. The number of carbonyl (C=O) groups excluding carboxylic acids is 1. The number of amides is 1. The number of nitrogens with one attached hydrogen (secondary N) is 1. The third kappa shape index (κ3) is 2.81. The van der Waals surface area contributed by atoms with E-state index in [1.807, 2.05) is 24.3 Å². The quantitative estimate of drug-likeness (QED) is 0.803. The Labute approximate surface area is 128 Å². The Hall–Kier alpha value is -2.76. The van der Waals surface area contributed by atoms with Gasteiger partial charge in [0.1, 0.15) is 0 Å². The van der Waals surface area contributed by atoms with E-state index in [-0.39, 0.29) is 11.7 Å². The van der Waals surface area contributed by atoms with Gasteiger partial charge in [-0.3, -0.25) is 4.79 Å². The first-order chi connectivity index (χ1) is 10.7. The average Bonchev–Trinajstić information content (AvgIpc) is 2.99. The molecule has 112 valence electrons. The van der Waals surface area contributed by atoms with E-state index in [2.05, 4.69) is 34.2 Å². The summed E-state index contributed by atoms with van der Waals surface area (Å²) in [6.07, 6.45) is 4.40. The molecule has 2 aromatic heterocycles. The van der Waals surface area contributed by atoms with Gasteiger partial charge in [-0.25, -0.2) is 9.50 Å². The maximum absolute atomic E-state index is 12.2. The van der Waals surface area contributed by atoms with Gasteiger partial charge in [0.2, 0.25) is 5.82 Å². The van der Waals surface area contributed by atoms with Crippen LogP contribution in [-0.4, -0.2) is 25.5 Å². The lowest BCUT2D eigenvalue weighted by molar-refractivity contribution is 0.101. The smallest absolute Gasteiger partial charge is 0.295 e. The van der Waals surface area contributed by atoms with Gasteiger partial charge in [-0.2, -0.15) is 4.98 Å². The molecule has 0 bridgehead atoms. The highest BCUT2D eigenvalue weighted by Crippen LogP contribution is 2.20. The normalized spacial score (nSPS) is 12.3. The highest BCUT2D eigenvalue weighted by molar-refractivity contribution is 6.01. The zero-order chi connectivity index (χ0) is 15.5. The minimum absolute atomic E-state index is 0.102. The van der Waals surface area contributed by atoms with Gasteiger partial charge in [0.15, 0.2) is 0 Å². The molecule has 0 aliphatic carbocycles. The second kappa shape index (κ2) is 5.93. The zero-order valence-corrected chi connectivity index (χ0v) is 12.5. The van der Waals surface area contributed by atoms with Gasteiger partial charge < -0.3 is 5.32 Å². The van der Waals surface area contributed by atoms with Crippen LogP contribution in [0.15, 0.2) is 42.7 Å². The van der Waals surface area contributed by atoms with Gasteiger partial charge >= 0.3 is 0 Å². The Balaban J connectivity index is 1.76. The van der Waals surface area contributed by atoms with E-state index in [0.29, 0.717) is 11.7 Å². The Morgan fingerprint density at radius 3 is 2.77 bits per heavy atom. The van der Waals surface area contributed by atoms with Crippen molar-refractivity contribution in [1.29, 1.82) is 0 Å². The fourth-order valence-corrected chi connectivity index (χ4v) is 2.15. The number of benzene rings is 1. The first-order valence-electron chi connectivity index (χ1n) is 7.26. The van der Waals surface area contributed by atoms with Crippen LogP contribution in [0.1, 0.15) is 42.4 Å². The van der Waals surface area contributed by atoms with Gasteiger partial charge in [-0.05, 0) is 36.1 Å². The Morgan fingerprint density at radius 1 is 1.32 bits per heavy atom. The third-order valence-corrected chi connectivity index (χ3v) is 3.67. The molecule has 0 aliphatic rings. The van der Waals surface area contributed by atoms with Crippen LogP contribution in [0, 0.1) is 0 Å². The van der Waals surface area contributed by atoms with Crippen molar-refractivity contribution in [3.63, 3.8) is 0 Å². The second-order valence-corrected chi connectivity index (χ2v) is 5.19. The fourth-order valence-electron chi connectivity index (χ4n) is 2.15. The molecule has 22 heavy (non-hydrogen) atoms. The van der Waals surface area contributed by atoms with Gasteiger partial charge in [0.25, 0.3) is 11.7 Å². The maximum Gasteiger partial charge on any atom is 0.295 e. The molecule has 3 rings (SSSR count). The molecule has 1 amide bonds. The number of hydrogen-bond donors (Lipinski definition) is 1. The lowest BCUT2D eigenvalue weighted by atomic mass is 9.99. The molecule has 0 unspecified atom stereocenters. The lowest BCUT2D eigenvalue weighted by Gasteiger charge is -2.09. The summed E-state index contributed by atoms with van der Waals surface area (Å²) in [7, 11) is 0. The number of carbonyl (C=O) groups is 1. The summed E-state index contributed by atoms with van der Waals surface area (Å²) >= 11 is 0. The first kappa shape index (κ1) is 14.2. The summed E-state index contributed by atoms with van der Waals surface area (Å²) in [6.45, 7) is 4.34. The van der Waals surface area contributed by atoms with E-state index < -0.39 is 0 Å². The Kier molecular flexibility index (Phi) is 3.82. The Morgan fingerprint density at radius 2 is 2.09 bits per heavy atom. The van der Waals surface area contributed by atoms with Crippen LogP contribution in [0.2, 0.25) is 0 Å². The predicted octanol–water partition coefficient (Wildman–Crippen LogP) is 2.89. The molecule has 1 N–H and O–H groups in total. The number of nitrogens with zero attached hydrogens (tertiary/aromatic N) is 4. The molecule has 0 radical (unpaired) electrons. The van der Waals surface area contributed by atoms with E-state index in [9.17, 15) is 4.79 Å². The molecule has 6 heteroatoms. The minimum atomic E-state index is -0.346. The molecule has 0 saturated carbocycles. The fraction of sp³-hybridized carbons (Fsp3) is 0.250. The molecule has 0 aliphatic heterocycles. The molecule has 0 spiro atoms. The van der Waals surface area contributed by atoms with E-state index >= 15 is 0 Å². The van der Waals surface area contributed by atoms with Crippen molar-refractivity contribution >= 4 is 17.4 Å². The van der Waals surface area contributed by atoms with Crippen molar-refractivity contribution in [3.05, 3.63) is 54.1 Å². The number of fused-ring (bicyclic) bond motifs is 1. The molecule has 0 fully saturated rings. The molecule has 2 heterocycles. The van der Waals surface area contributed by atoms with Crippen LogP contribution in [0.25, 0.3) is 5.78 Å². The largest absolute Gasteiger partial charge is 0.319 e. The molecule has 1 aromatic carbocycles. The van der Waals surface area contributed by atoms with Crippen LogP contribution in [0.5, 0.6) is 0 Å². The van der Waals surface area contributed by atoms with Crippen LogP contribution in [0.3, 0.4) is 0 Å². The van der Waals surface area contributed by atoms with Crippen LogP contribution < -0.4 is 5.32 Å². The van der Waals surface area contributed by atoms with E-state index in [4.69, 9.17) is 0 Å². The lowest BCUT2D eigenvalue weighted by Crippen LogP contribution is -2.14. The molecular formula is C16H17N5O. The van der Waals surface area contributed by atoms with Crippen molar-refractivity contribution < 1.29 is 4.79 Å². The average molecular weight is 295 g/mol. The van der Waals surface area contributed by atoms with E-state index in [1.165, 1.54) is 10.1 Å². The Bertz CT molecular complexity index is 761. The molecule has 3 aromatic rings. The minimum Gasteiger partial charge on any atom is -0.319 e. The van der Waals surface area contributed by atoms with Crippen molar-refractivity contribution in [2.45, 2.75) is 26.2 Å². The highest BCUT2D eigenvalue weighted by Gasteiger charge is 2.13. The molecule has 0 saturated heterocycles. The number of hydrogen-bond acceptors (Lipinski definition) is 4. The van der Waals surface area contributed by atoms with Gasteiger partial charge in [0, 0.05) is 18.1 Å². The third-order valence-electron chi connectivity index (χ3n) is 3.67. The van der Waals surface area contributed by atoms with Crippen molar-refractivity contribution in [2.75, 3.05) is 5.32 Å². The standard InChI is InChI=1S/C16H17N5O/c1-3-11(2)12-5-7-13(8-6-12)18-15(22)14-19-16-17-9-4-10-21(16)20-14/h4-11H,3H2,1-2H3,(H,18,22)/t11-/m0/s1. The van der Waals surface area contributed by atoms with Crippen molar-refractivity contribution in [3.8, 4) is 0 Å². The van der Waals surface area contributed by atoms with Crippen LogP contribution >= 0.6 is 0 Å². The van der Waals surface area contributed by atoms with Crippen LogP contribution in [0.4, 0.5) is 5.69 Å². The number of anilines is 1. The van der Waals surface area contributed by atoms with E-state index in [1.54, 1.807) is 18.5 Å². The summed E-state index contributed by atoms with van der Waals surface area (Å²) in [6, 6.07) is 9.59. The molecule has 6 nitrogen and oxygen atoms in total.